The minimum atomic E-state index is -0.0346. The Bertz CT molecular complexity index is 958. The van der Waals surface area contributed by atoms with E-state index < -0.39 is 0 Å². The second-order valence-electron chi connectivity index (χ2n) is 6.09. The van der Waals surface area contributed by atoms with E-state index >= 15 is 0 Å². The normalized spacial score (nSPS) is 13.9. The van der Waals surface area contributed by atoms with E-state index in [-0.39, 0.29) is 12.5 Å². The lowest BCUT2D eigenvalue weighted by Gasteiger charge is -2.18. The number of carbonyl (C=O) groups is 1. The van der Waals surface area contributed by atoms with Crippen molar-refractivity contribution in [2.75, 3.05) is 6.54 Å². The van der Waals surface area contributed by atoms with E-state index in [1.54, 1.807) is 0 Å². The topological polar surface area (TPSA) is 54.3 Å². The smallest absolute Gasteiger partial charge is 0.268 e. The second-order valence-corrected chi connectivity index (χ2v) is 6.52. The van der Waals surface area contributed by atoms with Gasteiger partial charge in [-0.3, -0.25) is 4.79 Å². The molecule has 4 nitrogen and oxygen atoms in total. The fraction of sp³-hybridized carbons (Fsp3) is 0.211. The molecule has 0 saturated heterocycles. The van der Waals surface area contributed by atoms with E-state index in [1.807, 2.05) is 43.3 Å². The van der Waals surface area contributed by atoms with E-state index in [0.717, 1.165) is 39.7 Å². The summed E-state index contributed by atoms with van der Waals surface area (Å²) < 4.78 is 2.09. The summed E-state index contributed by atoms with van der Waals surface area (Å²) in [6.45, 7) is 3.36. The maximum Gasteiger partial charge on any atom is 0.268 e. The van der Waals surface area contributed by atoms with Crippen LogP contribution in [0.25, 0.3) is 22.0 Å². The van der Waals surface area contributed by atoms with Crippen LogP contribution in [0, 0.1) is 6.92 Å². The molecule has 1 aromatic heterocycles. The van der Waals surface area contributed by atoms with Crippen molar-refractivity contribution in [3.05, 3.63) is 58.2 Å². The highest BCUT2D eigenvalue weighted by atomic mass is 35.5. The van der Waals surface area contributed by atoms with Gasteiger partial charge in [-0.1, -0.05) is 35.9 Å². The van der Waals surface area contributed by atoms with Crippen molar-refractivity contribution < 1.29 is 9.90 Å². The summed E-state index contributed by atoms with van der Waals surface area (Å²) in [4.78, 5) is 12.3. The van der Waals surface area contributed by atoms with Crippen LogP contribution in [0.3, 0.4) is 0 Å². The SMILES string of the molecule is Cc1c2n(c3c(-c4ccc(CO)cc4)cc(Cl)cc13)CCNC2=O. The number of halogens is 1. The van der Waals surface area contributed by atoms with Crippen molar-refractivity contribution in [2.45, 2.75) is 20.1 Å². The van der Waals surface area contributed by atoms with E-state index in [2.05, 4.69) is 9.88 Å². The number of aliphatic hydroxyl groups is 1. The molecule has 3 aromatic rings. The van der Waals surface area contributed by atoms with E-state index in [4.69, 9.17) is 11.6 Å². The van der Waals surface area contributed by atoms with Gasteiger partial charge in [-0.05, 0) is 35.7 Å². The van der Waals surface area contributed by atoms with Crippen LogP contribution in [0.15, 0.2) is 36.4 Å². The molecule has 0 atom stereocenters. The number of rotatable bonds is 2. The Kier molecular flexibility index (Phi) is 3.59. The van der Waals surface area contributed by atoms with Crippen LogP contribution in [0.1, 0.15) is 21.6 Å². The Balaban J connectivity index is 2.04. The predicted octanol–water partition coefficient (Wildman–Crippen LogP) is 3.51. The van der Waals surface area contributed by atoms with Gasteiger partial charge in [0.2, 0.25) is 0 Å². The van der Waals surface area contributed by atoms with Crippen LogP contribution >= 0.6 is 11.6 Å². The summed E-state index contributed by atoms with van der Waals surface area (Å²) in [6.07, 6.45) is 0. The number of hydrogen-bond acceptors (Lipinski definition) is 2. The minimum Gasteiger partial charge on any atom is -0.392 e. The predicted molar refractivity (Wildman–Crippen MR) is 95.4 cm³/mol. The Labute approximate surface area is 144 Å². The van der Waals surface area contributed by atoms with Gasteiger partial charge in [0.25, 0.3) is 5.91 Å². The fourth-order valence-electron chi connectivity index (χ4n) is 3.51. The molecule has 0 aliphatic carbocycles. The van der Waals surface area contributed by atoms with Gasteiger partial charge in [-0.15, -0.1) is 0 Å². The van der Waals surface area contributed by atoms with Crippen LogP contribution in [-0.4, -0.2) is 22.1 Å². The van der Waals surface area contributed by atoms with Gasteiger partial charge < -0.3 is 15.0 Å². The number of nitrogens with one attached hydrogen (secondary N) is 1. The Morgan fingerprint density at radius 3 is 2.71 bits per heavy atom. The van der Waals surface area contributed by atoms with Crippen molar-refractivity contribution in [1.29, 1.82) is 0 Å². The summed E-state index contributed by atoms with van der Waals surface area (Å²) in [5.74, 6) is -0.0346. The molecule has 2 aromatic carbocycles. The van der Waals surface area contributed by atoms with Crippen molar-refractivity contribution in [3.8, 4) is 11.1 Å². The number of aryl methyl sites for hydroxylation is 1. The first-order valence-electron chi connectivity index (χ1n) is 7.91. The first-order valence-corrected chi connectivity index (χ1v) is 8.28. The molecule has 0 radical (unpaired) electrons. The molecule has 4 rings (SSSR count). The average Bonchev–Trinajstić information content (AvgIpc) is 2.88. The monoisotopic (exact) mass is 340 g/mol. The number of aliphatic hydroxyl groups excluding tert-OH is 1. The minimum absolute atomic E-state index is 0.0189. The second kappa shape index (κ2) is 5.65. The van der Waals surface area contributed by atoms with Gasteiger partial charge in [0.1, 0.15) is 5.69 Å². The zero-order valence-corrected chi connectivity index (χ0v) is 14.0. The van der Waals surface area contributed by atoms with E-state index in [1.165, 1.54) is 0 Å². The molecule has 2 N–H and O–H groups in total. The van der Waals surface area contributed by atoms with E-state index in [0.29, 0.717) is 17.3 Å². The number of hydrogen-bond donors (Lipinski definition) is 2. The summed E-state index contributed by atoms with van der Waals surface area (Å²) in [6, 6.07) is 11.6. The van der Waals surface area contributed by atoms with Gasteiger partial charge >= 0.3 is 0 Å². The lowest BCUT2D eigenvalue weighted by Crippen LogP contribution is -2.35. The molecule has 0 saturated carbocycles. The van der Waals surface area contributed by atoms with Crippen LogP contribution < -0.4 is 5.32 Å². The molecule has 24 heavy (non-hydrogen) atoms. The molecular weight excluding hydrogens is 324 g/mol. The number of fused-ring (bicyclic) bond motifs is 3. The third-order valence-corrected chi connectivity index (χ3v) is 4.88. The zero-order valence-electron chi connectivity index (χ0n) is 13.3. The Hall–Kier alpha value is -2.30. The number of amides is 1. The van der Waals surface area contributed by atoms with Crippen LogP contribution in [0.4, 0.5) is 0 Å². The number of nitrogens with zero attached hydrogens (tertiary/aromatic N) is 1. The van der Waals surface area contributed by atoms with Crippen molar-refractivity contribution in [1.82, 2.24) is 9.88 Å². The first kappa shape index (κ1) is 15.2. The fourth-order valence-corrected chi connectivity index (χ4v) is 3.73. The van der Waals surface area contributed by atoms with Gasteiger partial charge in [0.15, 0.2) is 0 Å². The Morgan fingerprint density at radius 1 is 1.25 bits per heavy atom. The molecule has 1 aliphatic heterocycles. The third-order valence-electron chi connectivity index (χ3n) is 4.66. The van der Waals surface area contributed by atoms with Crippen molar-refractivity contribution in [3.63, 3.8) is 0 Å². The van der Waals surface area contributed by atoms with Crippen LogP contribution in [0.2, 0.25) is 5.02 Å². The van der Waals surface area contributed by atoms with Gasteiger partial charge in [-0.2, -0.15) is 0 Å². The average molecular weight is 341 g/mol. The van der Waals surface area contributed by atoms with E-state index in [9.17, 15) is 9.90 Å². The highest BCUT2D eigenvalue weighted by Gasteiger charge is 2.25. The van der Waals surface area contributed by atoms with Crippen LogP contribution in [0.5, 0.6) is 0 Å². The molecule has 0 unspecified atom stereocenters. The summed E-state index contributed by atoms with van der Waals surface area (Å²) in [5.41, 5.74) is 5.60. The zero-order chi connectivity index (χ0) is 16.8. The number of aromatic nitrogens is 1. The molecule has 5 heteroatoms. The highest BCUT2D eigenvalue weighted by molar-refractivity contribution is 6.32. The van der Waals surface area contributed by atoms with Crippen molar-refractivity contribution in [2.24, 2.45) is 0 Å². The van der Waals surface area contributed by atoms with Crippen LogP contribution in [-0.2, 0) is 13.2 Å². The van der Waals surface area contributed by atoms with Gasteiger partial charge in [0.05, 0.1) is 12.1 Å². The Morgan fingerprint density at radius 2 is 2.00 bits per heavy atom. The van der Waals surface area contributed by atoms with Gasteiger partial charge in [-0.25, -0.2) is 0 Å². The standard InChI is InChI=1S/C19H17ClN2O2/c1-11-15-8-14(20)9-16(13-4-2-12(10-23)3-5-13)18(15)22-7-6-21-19(24)17(11)22/h2-5,8-9,23H,6-7,10H2,1H3,(H,21,24). The summed E-state index contributed by atoms with van der Waals surface area (Å²) in [7, 11) is 0. The lowest BCUT2D eigenvalue weighted by molar-refractivity contribution is 0.0928. The molecule has 1 aliphatic rings. The molecule has 2 heterocycles. The molecular formula is C19H17ClN2O2. The first-order chi connectivity index (χ1) is 11.6. The molecule has 122 valence electrons. The molecule has 0 spiro atoms. The third kappa shape index (κ3) is 2.22. The maximum atomic E-state index is 12.3. The molecule has 0 fully saturated rings. The summed E-state index contributed by atoms with van der Waals surface area (Å²) >= 11 is 6.35. The van der Waals surface area contributed by atoms with Gasteiger partial charge in [0, 0.05) is 29.1 Å². The quantitative estimate of drug-likeness (QED) is 0.750. The van der Waals surface area contributed by atoms with Crippen molar-refractivity contribution >= 4 is 28.4 Å². The number of benzene rings is 2. The maximum absolute atomic E-state index is 12.3. The highest BCUT2D eigenvalue weighted by Crippen LogP contribution is 2.37. The number of carbonyl (C=O) groups excluding carboxylic acids is 1. The molecule has 0 bridgehead atoms. The largest absolute Gasteiger partial charge is 0.392 e. The molecule has 1 amide bonds. The summed E-state index contributed by atoms with van der Waals surface area (Å²) in [5, 5.41) is 13.8. The lowest BCUT2D eigenvalue weighted by atomic mass is 10.0.